The number of fused-ring (bicyclic) bond motifs is 1. The van der Waals surface area contributed by atoms with E-state index >= 15 is 0 Å². The Balaban J connectivity index is 1.30. The molecular weight excluding hydrogens is 402 g/mol. The normalized spacial score (nSPS) is 59.7. The SMILES string of the molecule is C=C1C2CC3C4N5CC6(C)CCCC47C(C2O)C3(CC5(O)C67)C1OC(=O)c1ccccc1. The fraction of sp³-hybridized carbons (Fsp3) is 0.667. The smallest absolute Gasteiger partial charge is 0.338 e. The van der Waals surface area contributed by atoms with E-state index in [4.69, 9.17) is 4.74 Å². The highest BCUT2D eigenvalue weighted by Gasteiger charge is 2.93. The van der Waals surface area contributed by atoms with Gasteiger partial charge in [-0.1, -0.05) is 38.1 Å². The summed E-state index contributed by atoms with van der Waals surface area (Å²) in [4.78, 5) is 15.6. The topological polar surface area (TPSA) is 70.0 Å². The van der Waals surface area contributed by atoms with Crippen molar-refractivity contribution in [3.8, 4) is 0 Å². The molecule has 6 aliphatic carbocycles. The molecule has 3 aliphatic heterocycles. The molecule has 1 aromatic carbocycles. The molecule has 12 atom stereocenters. The summed E-state index contributed by atoms with van der Waals surface area (Å²) in [6.45, 7) is 7.73. The third kappa shape index (κ3) is 1.59. The van der Waals surface area contributed by atoms with Crippen molar-refractivity contribution in [2.75, 3.05) is 6.54 Å². The van der Waals surface area contributed by atoms with Crippen molar-refractivity contribution in [1.82, 2.24) is 4.90 Å². The Labute approximate surface area is 188 Å². The number of nitrogens with zero attached hydrogens (tertiary/aromatic N) is 1. The van der Waals surface area contributed by atoms with Crippen LogP contribution in [0.5, 0.6) is 0 Å². The highest BCUT2D eigenvalue weighted by Crippen LogP contribution is 2.89. The van der Waals surface area contributed by atoms with Gasteiger partial charge in [0.05, 0.1) is 11.7 Å². The van der Waals surface area contributed by atoms with Crippen LogP contribution in [0.2, 0.25) is 0 Å². The molecular formula is C27H31NO4. The zero-order chi connectivity index (χ0) is 21.8. The molecule has 3 saturated heterocycles. The quantitative estimate of drug-likeness (QED) is 0.554. The average Bonchev–Trinajstić information content (AvgIpc) is 3.13. The van der Waals surface area contributed by atoms with Gasteiger partial charge in [-0.3, -0.25) is 4.90 Å². The lowest BCUT2D eigenvalue weighted by Crippen LogP contribution is -2.72. The van der Waals surface area contributed by atoms with Crippen LogP contribution >= 0.6 is 0 Å². The molecule has 168 valence electrons. The van der Waals surface area contributed by atoms with Crippen LogP contribution < -0.4 is 0 Å². The van der Waals surface area contributed by atoms with E-state index in [-0.39, 0.29) is 34.6 Å². The van der Waals surface area contributed by atoms with Crippen molar-refractivity contribution >= 4 is 5.97 Å². The highest BCUT2D eigenvalue weighted by atomic mass is 16.5. The lowest BCUT2D eigenvalue weighted by Gasteiger charge is -2.67. The molecule has 32 heavy (non-hydrogen) atoms. The van der Waals surface area contributed by atoms with Crippen LogP contribution in [0.25, 0.3) is 0 Å². The third-order valence-electron chi connectivity index (χ3n) is 11.6. The average molecular weight is 434 g/mol. The minimum absolute atomic E-state index is 0.0135. The van der Waals surface area contributed by atoms with Crippen LogP contribution in [0.4, 0.5) is 0 Å². The summed E-state index contributed by atoms with van der Waals surface area (Å²) in [6.07, 6.45) is 4.06. The Kier molecular flexibility index (Phi) is 3.03. The molecule has 0 radical (unpaired) electrons. The molecule has 6 saturated carbocycles. The minimum Gasteiger partial charge on any atom is -0.454 e. The number of rotatable bonds is 2. The second-order valence-corrected chi connectivity index (χ2v) is 12.4. The number of aliphatic hydroxyl groups is 2. The lowest BCUT2D eigenvalue weighted by molar-refractivity contribution is -0.271. The van der Waals surface area contributed by atoms with Gasteiger partial charge >= 0.3 is 5.97 Å². The van der Waals surface area contributed by atoms with Crippen LogP contribution in [-0.2, 0) is 4.74 Å². The zero-order valence-corrected chi connectivity index (χ0v) is 18.5. The molecule has 12 unspecified atom stereocenters. The van der Waals surface area contributed by atoms with E-state index in [1.54, 1.807) is 12.1 Å². The van der Waals surface area contributed by atoms with Crippen molar-refractivity contribution < 1.29 is 19.7 Å². The Morgan fingerprint density at radius 3 is 2.78 bits per heavy atom. The van der Waals surface area contributed by atoms with Gasteiger partial charge in [0.1, 0.15) is 11.8 Å². The first-order chi connectivity index (χ1) is 15.3. The van der Waals surface area contributed by atoms with Gasteiger partial charge in [0.15, 0.2) is 0 Å². The van der Waals surface area contributed by atoms with E-state index in [1.165, 1.54) is 6.42 Å². The van der Waals surface area contributed by atoms with Gasteiger partial charge < -0.3 is 14.9 Å². The van der Waals surface area contributed by atoms with E-state index in [2.05, 4.69) is 18.4 Å². The van der Waals surface area contributed by atoms with Gasteiger partial charge in [0, 0.05) is 42.2 Å². The molecule has 9 fully saturated rings. The van der Waals surface area contributed by atoms with E-state index in [1.807, 2.05) is 18.2 Å². The predicted molar refractivity (Wildman–Crippen MR) is 116 cm³/mol. The molecule has 5 heteroatoms. The highest BCUT2D eigenvalue weighted by molar-refractivity contribution is 5.89. The van der Waals surface area contributed by atoms with E-state index < -0.39 is 23.3 Å². The molecule has 0 aromatic heterocycles. The fourth-order valence-corrected chi connectivity index (χ4v) is 11.5. The maximum atomic E-state index is 13.2. The van der Waals surface area contributed by atoms with Crippen LogP contribution in [0.15, 0.2) is 42.5 Å². The molecule has 10 rings (SSSR count). The molecule has 0 amide bonds. The van der Waals surface area contributed by atoms with Crippen LogP contribution in [0.1, 0.15) is 49.4 Å². The number of esters is 1. The number of piperidine rings is 2. The summed E-state index contributed by atoms with van der Waals surface area (Å²) in [6, 6.07) is 9.48. The van der Waals surface area contributed by atoms with Gasteiger partial charge in [-0.15, -0.1) is 0 Å². The van der Waals surface area contributed by atoms with Crippen molar-refractivity contribution in [2.45, 2.75) is 63.0 Å². The van der Waals surface area contributed by atoms with Gasteiger partial charge in [-0.25, -0.2) is 4.79 Å². The Hall–Kier alpha value is -1.69. The van der Waals surface area contributed by atoms with Crippen molar-refractivity contribution in [3.05, 3.63) is 48.0 Å². The molecule has 9 aliphatic rings. The van der Waals surface area contributed by atoms with Gasteiger partial charge in [0.25, 0.3) is 0 Å². The van der Waals surface area contributed by atoms with Crippen molar-refractivity contribution in [3.63, 3.8) is 0 Å². The Bertz CT molecular complexity index is 1090. The number of benzene rings is 1. The molecule has 9 bridgehead atoms. The number of carbonyl (C=O) groups excluding carboxylic acids is 1. The molecule has 2 N–H and O–H groups in total. The number of carbonyl (C=O) groups is 1. The zero-order valence-electron chi connectivity index (χ0n) is 18.5. The van der Waals surface area contributed by atoms with Crippen LogP contribution in [0.3, 0.4) is 0 Å². The molecule has 3 heterocycles. The van der Waals surface area contributed by atoms with Gasteiger partial charge in [0.2, 0.25) is 0 Å². The second-order valence-electron chi connectivity index (χ2n) is 12.4. The first-order valence-electron chi connectivity index (χ1n) is 12.4. The van der Waals surface area contributed by atoms with Crippen LogP contribution in [-0.4, -0.2) is 51.6 Å². The monoisotopic (exact) mass is 433 g/mol. The largest absolute Gasteiger partial charge is 0.454 e. The van der Waals surface area contributed by atoms with E-state index in [0.29, 0.717) is 23.9 Å². The van der Waals surface area contributed by atoms with Crippen LogP contribution in [0, 0.1) is 39.9 Å². The summed E-state index contributed by atoms with van der Waals surface area (Å²) in [5, 5.41) is 24.0. The number of hydrogen-bond donors (Lipinski definition) is 2. The number of ether oxygens (including phenoxy) is 1. The second kappa shape index (κ2) is 5.18. The van der Waals surface area contributed by atoms with Gasteiger partial charge in [-0.2, -0.15) is 0 Å². The predicted octanol–water partition coefficient (Wildman–Crippen LogP) is 2.98. The van der Waals surface area contributed by atoms with Gasteiger partial charge in [-0.05, 0) is 53.7 Å². The maximum Gasteiger partial charge on any atom is 0.338 e. The van der Waals surface area contributed by atoms with Crippen molar-refractivity contribution in [2.24, 2.45) is 39.9 Å². The molecule has 2 spiro atoms. The van der Waals surface area contributed by atoms with E-state index in [9.17, 15) is 15.0 Å². The minimum atomic E-state index is -0.839. The maximum absolute atomic E-state index is 13.2. The summed E-state index contributed by atoms with van der Waals surface area (Å²) in [5.74, 6) is 0.325. The number of aliphatic hydroxyl groups excluding tert-OH is 1. The summed E-state index contributed by atoms with van der Waals surface area (Å²) < 4.78 is 6.31. The summed E-state index contributed by atoms with van der Waals surface area (Å²) in [5.41, 5.74) is 0.245. The van der Waals surface area contributed by atoms with Crippen molar-refractivity contribution in [1.29, 1.82) is 0 Å². The number of hydrogen-bond acceptors (Lipinski definition) is 5. The van der Waals surface area contributed by atoms with E-state index in [0.717, 1.165) is 31.4 Å². The first kappa shape index (κ1) is 18.7. The lowest BCUT2D eigenvalue weighted by atomic mass is 9.39. The standard InChI is InChI=1S/C27H31NO4/c1-14-16-11-17-20-25-10-6-9-24(2)13-28(20)27(31,23(24)25)12-26(17,19(25)18(16)29)21(14)32-22(30)15-7-4-3-5-8-15/h3-5,7-8,16-21,23,29,31H,1,6,9-13H2,2H3. The Morgan fingerprint density at radius 2 is 2.00 bits per heavy atom. The molecule has 5 nitrogen and oxygen atoms in total. The summed E-state index contributed by atoms with van der Waals surface area (Å²) in [7, 11) is 0. The summed E-state index contributed by atoms with van der Waals surface area (Å²) >= 11 is 0. The Morgan fingerprint density at radius 1 is 1.22 bits per heavy atom. The molecule has 1 aromatic rings. The first-order valence-corrected chi connectivity index (χ1v) is 12.4. The third-order valence-corrected chi connectivity index (χ3v) is 11.6. The fourth-order valence-electron chi connectivity index (χ4n) is 11.5.